The van der Waals surface area contributed by atoms with Crippen LogP contribution in [0.15, 0.2) is 59.5 Å². The summed E-state index contributed by atoms with van der Waals surface area (Å²) in [4.78, 5) is 23.0. The summed E-state index contributed by atoms with van der Waals surface area (Å²) in [5, 5.41) is 11.3. The largest absolute Gasteiger partial charge is 0.465 e. The first-order valence-corrected chi connectivity index (χ1v) is 14.3. The molecule has 0 bridgehead atoms. The molecule has 1 unspecified atom stereocenters. The highest BCUT2D eigenvalue weighted by Gasteiger charge is 2.37. The average Bonchev–Trinajstić information content (AvgIpc) is 2.80. The number of hydrogen-bond acceptors (Lipinski definition) is 8. The molecule has 0 radical (unpaired) electrons. The van der Waals surface area contributed by atoms with Crippen molar-refractivity contribution in [3.63, 3.8) is 0 Å². The number of benzene rings is 2. The van der Waals surface area contributed by atoms with Gasteiger partial charge >= 0.3 is 13.8 Å². The maximum Gasteiger partial charge on any atom is 0.437 e. The molecule has 2 aromatic carbocycles. The van der Waals surface area contributed by atoms with E-state index in [1.165, 1.54) is 24.3 Å². The van der Waals surface area contributed by atoms with E-state index in [9.17, 15) is 27.7 Å². The summed E-state index contributed by atoms with van der Waals surface area (Å²) in [7, 11) is -8.23. The number of ether oxygens (including phenoxy) is 1. The minimum Gasteiger partial charge on any atom is -0.465 e. The summed E-state index contributed by atoms with van der Waals surface area (Å²) in [6, 6.07) is 13.4. The molecule has 2 amide bonds. The SMILES string of the molecule is CC(C)OP(=O)(OC(C)C)N(C=O)CC(CNS(=O)(=O)c1ccc(Oc2ccccc2)cc1)NC(=O)O. The zero-order chi connectivity index (χ0) is 27.6. The molecule has 2 aromatic rings. The van der Waals surface area contributed by atoms with Gasteiger partial charge in [0, 0.05) is 6.54 Å². The number of carbonyl (C=O) groups excluding carboxylic acids is 1. The Bertz CT molecular complexity index is 1160. The van der Waals surface area contributed by atoms with Gasteiger partial charge in [-0.15, -0.1) is 0 Å². The number of hydrogen-bond donors (Lipinski definition) is 3. The summed E-state index contributed by atoms with van der Waals surface area (Å²) >= 11 is 0. The van der Waals surface area contributed by atoms with Crippen molar-refractivity contribution in [2.24, 2.45) is 0 Å². The van der Waals surface area contributed by atoms with Gasteiger partial charge in [-0.3, -0.25) is 13.8 Å². The van der Waals surface area contributed by atoms with Gasteiger partial charge < -0.3 is 15.2 Å². The Hall–Kier alpha value is -2.96. The first-order chi connectivity index (χ1) is 17.3. The molecule has 3 N–H and O–H groups in total. The van der Waals surface area contributed by atoms with Crippen molar-refractivity contribution in [2.75, 3.05) is 13.1 Å². The van der Waals surface area contributed by atoms with Crippen LogP contribution in [0.4, 0.5) is 4.79 Å². The first kappa shape index (κ1) is 30.3. The molecule has 14 heteroatoms. The van der Waals surface area contributed by atoms with Gasteiger partial charge in [-0.25, -0.2) is 27.2 Å². The maximum absolute atomic E-state index is 13.3. The van der Waals surface area contributed by atoms with Gasteiger partial charge in [0.1, 0.15) is 11.5 Å². The molecule has 1 atom stereocenters. The van der Waals surface area contributed by atoms with Crippen molar-refractivity contribution in [2.45, 2.75) is 50.8 Å². The van der Waals surface area contributed by atoms with Crippen molar-refractivity contribution in [1.29, 1.82) is 0 Å². The third-order valence-corrected chi connectivity index (χ3v) is 8.19. The number of sulfonamides is 1. The Labute approximate surface area is 216 Å². The Morgan fingerprint density at radius 3 is 2.03 bits per heavy atom. The lowest BCUT2D eigenvalue weighted by molar-refractivity contribution is -0.115. The average molecular weight is 558 g/mol. The number of carboxylic acid groups (broad SMARTS) is 1. The molecule has 0 saturated heterocycles. The van der Waals surface area contributed by atoms with Crippen LogP contribution in [0.1, 0.15) is 27.7 Å². The van der Waals surface area contributed by atoms with Crippen LogP contribution in [-0.4, -0.2) is 62.0 Å². The molecular formula is C23H32N3O9PS. The van der Waals surface area contributed by atoms with Crippen molar-refractivity contribution < 1.29 is 41.5 Å². The summed E-state index contributed by atoms with van der Waals surface area (Å²) in [6.45, 7) is 5.43. The molecular weight excluding hydrogens is 525 g/mol. The fourth-order valence-corrected chi connectivity index (χ4v) is 6.00. The van der Waals surface area contributed by atoms with Gasteiger partial charge in [-0.2, -0.15) is 0 Å². The van der Waals surface area contributed by atoms with Crippen LogP contribution in [-0.2, 0) is 28.4 Å². The molecule has 0 saturated carbocycles. The maximum atomic E-state index is 13.3. The molecule has 0 fully saturated rings. The van der Waals surface area contributed by atoms with Crippen LogP contribution in [0, 0.1) is 0 Å². The van der Waals surface area contributed by atoms with E-state index in [4.69, 9.17) is 13.8 Å². The summed E-state index contributed by atoms with van der Waals surface area (Å²) in [5.74, 6) is 1.00. The van der Waals surface area contributed by atoms with Crippen LogP contribution in [0.2, 0.25) is 0 Å². The molecule has 2 rings (SSSR count). The molecule has 0 aliphatic heterocycles. The van der Waals surface area contributed by atoms with E-state index < -0.39 is 55.2 Å². The zero-order valence-electron chi connectivity index (χ0n) is 20.9. The Morgan fingerprint density at radius 1 is 1.00 bits per heavy atom. The second-order valence-electron chi connectivity index (χ2n) is 8.39. The third kappa shape index (κ3) is 9.78. The van der Waals surface area contributed by atoms with Crippen molar-refractivity contribution in [3.8, 4) is 11.5 Å². The number of rotatable bonds is 15. The number of para-hydroxylation sites is 1. The molecule has 0 aliphatic carbocycles. The molecule has 0 aliphatic rings. The van der Waals surface area contributed by atoms with E-state index in [1.54, 1.807) is 52.0 Å². The van der Waals surface area contributed by atoms with Gasteiger partial charge in [0.05, 0.1) is 29.7 Å². The zero-order valence-corrected chi connectivity index (χ0v) is 22.6. The fraction of sp³-hybridized carbons (Fsp3) is 0.391. The van der Waals surface area contributed by atoms with Gasteiger partial charge in [0.2, 0.25) is 16.4 Å². The van der Waals surface area contributed by atoms with Crippen LogP contribution in [0.5, 0.6) is 11.5 Å². The molecule has 12 nitrogen and oxygen atoms in total. The van der Waals surface area contributed by atoms with E-state index in [0.717, 1.165) is 0 Å². The number of nitrogens with zero attached hydrogens (tertiary/aromatic N) is 1. The predicted molar refractivity (Wildman–Crippen MR) is 136 cm³/mol. The molecule has 204 valence electrons. The summed E-state index contributed by atoms with van der Waals surface area (Å²) in [6.07, 6.45) is -2.42. The normalized spacial score (nSPS) is 12.8. The molecule has 0 spiro atoms. The van der Waals surface area contributed by atoms with E-state index in [-0.39, 0.29) is 11.3 Å². The lowest BCUT2D eigenvalue weighted by Crippen LogP contribution is -2.49. The topological polar surface area (TPSA) is 161 Å². The van der Waals surface area contributed by atoms with E-state index in [0.29, 0.717) is 16.2 Å². The van der Waals surface area contributed by atoms with Crippen LogP contribution < -0.4 is 14.8 Å². The Kier molecular flexibility index (Phi) is 11.1. The number of nitrogens with one attached hydrogen (secondary N) is 2. The van der Waals surface area contributed by atoms with E-state index in [2.05, 4.69) is 10.0 Å². The van der Waals surface area contributed by atoms with Crippen LogP contribution >= 0.6 is 7.75 Å². The minimum absolute atomic E-state index is 0.0915. The second-order valence-corrected chi connectivity index (χ2v) is 12.0. The van der Waals surface area contributed by atoms with Crippen LogP contribution in [0.25, 0.3) is 0 Å². The highest BCUT2D eigenvalue weighted by atomic mass is 32.2. The van der Waals surface area contributed by atoms with Crippen molar-refractivity contribution >= 4 is 30.3 Å². The predicted octanol–water partition coefficient (Wildman–Crippen LogP) is 3.81. The first-order valence-electron chi connectivity index (χ1n) is 11.4. The highest BCUT2D eigenvalue weighted by Crippen LogP contribution is 2.53. The highest BCUT2D eigenvalue weighted by molar-refractivity contribution is 7.89. The van der Waals surface area contributed by atoms with Crippen LogP contribution in [0.3, 0.4) is 0 Å². The van der Waals surface area contributed by atoms with Crippen molar-refractivity contribution in [1.82, 2.24) is 14.7 Å². The second kappa shape index (κ2) is 13.5. The Morgan fingerprint density at radius 2 is 1.54 bits per heavy atom. The lowest BCUT2D eigenvalue weighted by Gasteiger charge is -2.32. The molecule has 0 aromatic heterocycles. The smallest absolute Gasteiger partial charge is 0.437 e. The third-order valence-electron chi connectivity index (χ3n) is 4.49. The van der Waals surface area contributed by atoms with E-state index >= 15 is 0 Å². The lowest BCUT2D eigenvalue weighted by atomic mass is 10.3. The quantitative estimate of drug-likeness (QED) is 0.218. The summed E-state index contributed by atoms with van der Waals surface area (Å²) in [5.41, 5.74) is 0. The Balaban J connectivity index is 2.15. The standard InChI is InChI=1S/C23H32N3O9PS/c1-17(2)34-36(30,35-18(3)4)26(16-27)15-19(25-23(28)29)14-24-37(31,32)22-12-10-21(11-13-22)33-20-8-6-5-7-9-20/h5-13,16-19,24-25H,14-15H2,1-4H3,(H,28,29). The monoisotopic (exact) mass is 557 g/mol. The van der Waals surface area contributed by atoms with E-state index in [1.807, 2.05) is 6.07 Å². The van der Waals surface area contributed by atoms with Crippen molar-refractivity contribution in [3.05, 3.63) is 54.6 Å². The summed E-state index contributed by atoms with van der Waals surface area (Å²) < 4.78 is 58.4. The number of amides is 2. The fourth-order valence-electron chi connectivity index (χ4n) is 3.05. The van der Waals surface area contributed by atoms with Gasteiger partial charge in [-0.05, 0) is 64.1 Å². The number of carbonyl (C=O) groups is 2. The van der Waals surface area contributed by atoms with Gasteiger partial charge in [-0.1, -0.05) is 18.2 Å². The minimum atomic E-state index is -4.15. The van der Waals surface area contributed by atoms with Gasteiger partial charge in [0.15, 0.2) is 0 Å². The molecule has 0 heterocycles. The molecule has 37 heavy (non-hydrogen) atoms. The van der Waals surface area contributed by atoms with Gasteiger partial charge in [0.25, 0.3) is 0 Å².